The normalized spacial score (nSPS) is 14.1. The van der Waals surface area contributed by atoms with Crippen LogP contribution in [0.15, 0.2) is 41.8 Å². The maximum atomic E-state index is 12.5. The van der Waals surface area contributed by atoms with Gasteiger partial charge in [0.05, 0.1) is 6.42 Å². The molecule has 3 nitrogen and oxygen atoms in total. The summed E-state index contributed by atoms with van der Waals surface area (Å²) in [7, 11) is 0. The molecule has 0 aliphatic carbocycles. The Balaban J connectivity index is 0.00000147. The molecule has 20 heavy (non-hydrogen) atoms. The second kappa shape index (κ2) is 6.88. The molecule has 1 aliphatic rings. The van der Waals surface area contributed by atoms with Crippen molar-refractivity contribution in [3.8, 4) is 0 Å². The number of anilines is 1. The molecule has 0 saturated heterocycles. The molecule has 0 spiro atoms. The van der Waals surface area contributed by atoms with Gasteiger partial charge in [-0.05, 0) is 23.1 Å². The zero-order chi connectivity index (χ0) is 13.1. The van der Waals surface area contributed by atoms with Crippen LogP contribution >= 0.6 is 23.7 Å². The lowest BCUT2D eigenvalue weighted by Gasteiger charge is -2.22. The Morgan fingerprint density at radius 3 is 2.90 bits per heavy atom. The van der Waals surface area contributed by atoms with E-state index in [4.69, 9.17) is 0 Å². The highest BCUT2D eigenvalue weighted by molar-refractivity contribution is 7.10. The maximum Gasteiger partial charge on any atom is 0.232 e. The number of halogens is 1. The summed E-state index contributed by atoms with van der Waals surface area (Å²) in [5.41, 5.74) is 2.24. The quantitative estimate of drug-likeness (QED) is 0.925. The summed E-state index contributed by atoms with van der Waals surface area (Å²) in [5, 5.41) is 5.37. The summed E-state index contributed by atoms with van der Waals surface area (Å²) < 4.78 is 0. The fourth-order valence-corrected chi connectivity index (χ4v) is 3.07. The molecule has 1 N–H and O–H groups in total. The van der Waals surface area contributed by atoms with Gasteiger partial charge in [-0.25, -0.2) is 0 Å². The summed E-state index contributed by atoms with van der Waals surface area (Å²) in [4.78, 5) is 15.5. The number of thiophene rings is 1. The Morgan fingerprint density at radius 2 is 2.10 bits per heavy atom. The zero-order valence-electron chi connectivity index (χ0n) is 11.0. The molecule has 0 radical (unpaired) electrons. The number of carbonyl (C=O) groups excluding carboxylic acids is 1. The zero-order valence-corrected chi connectivity index (χ0v) is 12.7. The van der Waals surface area contributed by atoms with Crippen LogP contribution in [0.2, 0.25) is 0 Å². The molecule has 0 bridgehead atoms. The SMILES string of the molecule is Cl.O=C(Cc1cccs1)N1CCNCc2ccccc21. The van der Waals surface area contributed by atoms with Crippen molar-refractivity contribution in [2.45, 2.75) is 13.0 Å². The van der Waals surface area contributed by atoms with E-state index in [1.54, 1.807) is 11.3 Å². The van der Waals surface area contributed by atoms with Crippen LogP contribution in [-0.4, -0.2) is 19.0 Å². The van der Waals surface area contributed by atoms with Gasteiger partial charge in [-0.3, -0.25) is 4.79 Å². The molecule has 0 saturated carbocycles. The van der Waals surface area contributed by atoms with E-state index < -0.39 is 0 Å². The van der Waals surface area contributed by atoms with E-state index in [9.17, 15) is 4.79 Å². The number of fused-ring (bicyclic) bond motifs is 1. The summed E-state index contributed by atoms with van der Waals surface area (Å²) in [5.74, 6) is 0.179. The third kappa shape index (κ3) is 3.20. The average molecular weight is 309 g/mol. The average Bonchev–Trinajstić information content (AvgIpc) is 2.83. The lowest BCUT2D eigenvalue weighted by atomic mass is 10.1. The first kappa shape index (κ1) is 15.0. The minimum absolute atomic E-state index is 0. The lowest BCUT2D eigenvalue weighted by molar-refractivity contribution is -0.117. The molecule has 1 amide bonds. The monoisotopic (exact) mass is 308 g/mol. The number of rotatable bonds is 2. The van der Waals surface area contributed by atoms with Crippen LogP contribution in [0.3, 0.4) is 0 Å². The fourth-order valence-electron chi connectivity index (χ4n) is 2.37. The molecule has 1 aromatic heterocycles. The van der Waals surface area contributed by atoms with E-state index in [2.05, 4.69) is 11.4 Å². The van der Waals surface area contributed by atoms with Crippen molar-refractivity contribution in [1.82, 2.24) is 5.32 Å². The number of para-hydroxylation sites is 1. The molecule has 0 unspecified atom stereocenters. The third-order valence-electron chi connectivity index (χ3n) is 3.32. The molecule has 1 aromatic carbocycles. The second-order valence-electron chi connectivity index (χ2n) is 4.61. The van der Waals surface area contributed by atoms with E-state index in [-0.39, 0.29) is 18.3 Å². The number of nitrogens with zero attached hydrogens (tertiary/aromatic N) is 1. The van der Waals surface area contributed by atoms with E-state index in [1.807, 2.05) is 40.6 Å². The van der Waals surface area contributed by atoms with Crippen molar-refractivity contribution in [2.24, 2.45) is 0 Å². The van der Waals surface area contributed by atoms with E-state index in [0.29, 0.717) is 6.42 Å². The van der Waals surface area contributed by atoms with Gasteiger partial charge in [0.2, 0.25) is 5.91 Å². The van der Waals surface area contributed by atoms with Crippen LogP contribution < -0.4 is 10.2 Å². The van der Waals surface area contributed by atoms with Crippen molar-refractivity contribution in [3.63, 3.8) is 0 Å². The van der Waals surface area contributed by atoms with Crippen molar-refractivity contribution < 1.29 is 4.79 Å². The largest absolute Gasteiger partial charge is 0.311 e. The topological polar surface area (TPSA) is 32.3 Å². The number of carbonyl (C=O) groups is 1. The van der Waals surface area contributed by atoms with Crippen LogP contribution in [0, 0.1) is 0 Å². The number of hydrogen-bond donors (Lipinski definition) is 1. The molecule has 2 aromatic rings. The van der Waals surface area contributed by atoms with Crippen LogP contribution in [0.5, 0.6) is 0 Å². The highest BCUT2D eigenvalue weighted by Gasteiger charge is 2.20. The first-order chi connectivity index (χ1) is 9.34. The molecule has 3 rings (SSSR count). The molecule has 0 atom stereocenters. The van der Waals surface area contributed by atoms with Crippen LogP contribution in [-0.2, 0) is 17.8 Å². The first-order valence-electron chi connectivity index (χ1n) is 6.46. The molecule has 5 heteroatoms. The van der Waals surface area contributed by atoms with Gasteiger partial charge in [0, 0.05) is 30.2 Å². The van der Waals surface area contributed by atoms with Gasteiger partial charge in [-0.2, -0.15) is 0 Å². The van der Waals surface area contributed by atoms with E-state index in [0.717, 1.165) is 30.2 Å². The lowest BCUT2D eigenvalue weighted by Crippen LogP contribution is -2.35. The summed E-state index contributed by atoms with van der Waals surface area (Å²) in [6.45, 7) is 2.41. The van der Waals surface area contributed by atoms with Gasteiger partial charge in [-0.1, -0.05) is 24.3 Å². The number of amides is 1. The van der Waals surface area contributed by atoms with Crippen molar-refractivity contribution >= 4 is 35.3 Å². The smallest absolute Gasteiger partial charge is 0.232 e. The highest BCUT2D eigenvalue weighted by Crippen LogP contribution is 2.23. The maximum absolute atomic E-state index is 12.5. The Hall–Kier alpha value is -1.36. The van der Waals surface area contributed by atoms with Crippen LogP contribution in [0.25, 0.3) is 0 Å². The third-order valence-corrected chi connectivity index (χ3v) is 4.19. The van der Waals surface area contributed by atoms with Crippen LogP contribution in [0.4, 0.5) is 5.69 Å². The van der Waals surface area contributed by atoms with Crippen molar-refractivity contribution in [2.75, 3.05) is 18.0 Å². The van der Waals surface area contributed by atoms with E-state index in [1.165, 1.54) is 5.56 Å². The Bertz CT molecular complexity index is 571. The Kier molecular flexibility index (Phi) is 5.17. The van der Waals surface area contributed by atoms with Gasteiger partial charge in [0.1, 0.15) is 0 Å². The van der Waals surface area contributed by atoms with Gasteiger partial charge in [0.15, 0.2) is 0 Å². The summed E-state index contributed by atoms with van der Waals surface area (Å²) in [6.07, 6.45) is 0.492. The first-order valence-corrected chi connectivity index (χ1v) is 7.34. The summed E-state index contributed by atoms with van der Waals surface area (Å²) in [6, 6.07) is 12.1. The molecular formula is C15H17ClN2OS. The minimum Gasteiger partial charge on any atom is -0.311 e. The molecule has 1 aliphatic heterocycles. The van der Waals surface area contributed by atoms with Gasteiger partial charge >= 0.3 is 0 Å². The van der Waals surface area contributed by atoms with Gasteiger partial charge in [0.25, 0.3) is 0 Å². The van der Waals surface area contributed by atoms with Crippen molar-refractivity contribution in [1.29, 1.82) is 0 Å². The predicted octanol–water partition coefficient (Wildman–Crippen LogP) is 2.85. The minimum atomic E-state index is 0. The number of hydrogen-bond acceptors (Lipinski definition) is 3. The van der Waals surface area contributed by atoms with Crippen LogP contribution in [0.1, 0.15) is 10.4 Å². The van der Waals surface area contributed by atoms with Gasteiger partial charge in [-0.15, -0.1) is 23.7 Å². The van der Waals surface area contributed by atoms with E-state index >= 15 is 0 Å². The highest BCUT2D eigenvalue weighted by atomic mass is 35.5. The number of nitrogens with one attached hydrogen (secondary N) is 1. The second-order valence-corrected chi connectivity index (χ2v) is 5.64. The molecule has 106 valence electrons. The van der Waals surface area contributed by atoms with Gasteiger partial charge < -0.3 is 10.2 Å². The molecule has 0 fully saturated rings. The summed E-state index contributed by atoms with van der Waals surface area (Å²) >= 11 is 1.64. The fraction of sp³-hybridized carbons (Fsp3) is 0.267. The molecular weight excluding hydrogens is 292 g/mol. The van der Waals surface area contributed by atoms with Crippen molar-refractivity contribution in [3.05, 3.63) is 52.2 Å². The number of benzene rings is 1. The predicted molar refractivity (Wildman–Crippen MR) is 85.8 cm³/mol. The molecule has 2 heterocycles. The Labute approximate surface area is 129 Å². The Morgan fingerprint density at radius 1 is 1.25 bits per heavy atom. The standard InChI is InChI=1S/C15H16N2OS.ClH/c18-15(10-13-5-3-9-19-13)17-8-7-16-11-12-4-1-2-6-14(12)17;/h1-6,9,16H,7-8,10-11H2;1H.